The lowest BCUT2D eigenvalue weighted by Gasteiger charge is -2.41. The van der Waals surface area contributed by atoms with Crippen molar-refractivity contribution in [2.45, 2.75) is 39.8 Å². The molecule has 0 aliphatic carbocycles. The molecule has 5 rings (SSSR count). The minimum absolute atomic E-state index is 0.0148. The summed E-state index contributed by atoms with van der Waals surface area (Å²) in [6.07, 6.45) is 5.04. The van der Waals surface area contributed by atoms with Gasteiger partial charge in [-0.1, -0.05) is 66.8 Å². The maximum Gasteiger partial charge on any atom is 0.276 e. The van der Waals surface area contributed by atoms with Gasteiger partial charge in [0.25, 0.3) is 5.56 Å². The zero-order valence-electron chi connectivity index (χ0n) is 26.2. The molecule has 3 aromatic rings. The number of hydrogen-bond donors (Lipinski definition) is 1. The standard InChI is InChI=1S/C33H31Cl4FN6O3/c1-7-21(45)43-11-10-42(14-17(43)5)30-18-12-20(34)27(22-23(35)25(37)26(38)31(46)24(22)36)40-32(18)44(33(47)19(30)13-39)29-16(4)8-9-41(6)28(29)15(2)3/h7-9,12,15,17,28,46H,1,10-11,14H2,2-6H3/t17-,28?/m1/s1. The first kappa shape index (κ1) is 34.6. The van der Waals surface area contributed by atoms with Gasteiger partial charge in [-0.15, -0.1) is 0 Å². The molecule has 0 radical (unpaired) electrons. The molecule has 1 N–H and O–H groups in total. The van der Waals surface area contributed by atoms with Crippen LogP contribution in [0.25, 0.3) is 28.0 Å². The predicted octanol–water partition coefficient (Wildman–Crippen LogP) is 7.33. The highest BCUT2D eigenvalue weighted by Gasteiger charge is 2.35. The summed E-state index contributed by atoms with van der Waals surface area (Å²) in [5.74, 6) is -2.35. The van der Waals surface area contributed by atoms with E-state index in [4.69, 9.17) is 51.4 Å². The van der Waals surface area contributed by atoms with Crippen LogP contribution in [0.3, 0.4) is 0 Å². The summed E-state index contributed by atoms with van der Waals surface area (Å²) in [7, 11) is 1.89. The fraction of sp³-hybridized carbons (Fsp3) is 0.333. The number of carbonyl (C=O) groups excluding carboxylic acids is 1. The lowest BCUT2D eigenvalue weighted by atomic mass is 9.93. The molecule has 2 aromatic heterocycles. The van der Waals surface area contributed by atoms with Gasteiger partial charge in [-0.3, -0.25) is 14.2 Å². The van der Waals surface area contributed by atoms with E-state index in [-0.39, 0.29) is 56.4 Å². The molecule has 2 aliphatic heterocycles. The average Bonchev–Trinajstić information content (AvgIpc) is 3.03. The maximum atomic E-state index is 14.6. The molecule has 47 heavy (non-hydrogen) atoms. The molecule has 1 unspecified atom stereocenters. The van der Waals surface area contributed by atoms with Gasteiger partial charge in [0.05, 0.1) is 43.2 Å². The number of amides is 1. The molecule has 1 amide bonds. The van der Waals surface area contributed by atoms with Crippen molar-refractivity contribution in [2.75, 3.05) is 31.6 Å². The van der Waals surface area contributed by atoms with Crippen molar-refractivity contribution in [2.24, 2.45) is 5.92 Å². The molecule has 2 aliphatic rings. The Bertz CT molecular complexity index is 1990. The van der Waals surface area contributed by atoms with Gasteiger partial charge in [-0.2, -0.15) is 5.26 Å². The number of nitriles is 1. The quantitative estimate of drug-likeness (QED) is 0.167. The molecule has 1 aromatic carbocycles. The highest BCUT2D eigenvalue weighted by atomic mass is 35.5. The van der Waals surface area contributed by atoms with Crippen molar-refractivity contribution in [3.8, 4) is 23.1 Å². The van der Waals surface area contributed by atoms with E-state index in [0.717, 1.165) is 5.57 Å². The Hall–Kier alpha value is -3.75. The molecule has 0 saturated carbocycles. The smallest absolute Gasteiger partial charge is 0.276 e. The second-order valence-electron chi connectivity index (χ2n) is 11.9. The van der Waals surface area contributed by atoms with Gasteiger partial charge < -0.3 is 19.8 Å². The van der Waals surface area contributed by atoms with Crippen LogP contribution in [0.15, 0.2) is 41.4 Å². The number of anilines is 1. The number of hydrogen-bond acceptors (Lipinski definition) is 7. The Labute approximate surface area is 291 Å². The summed E-state index contributed by atoms with van der Waals surface area (Å²) in [6, 6.07) is 3.10. The number of phenolic OH excluding ortho intramolecular Hbond substituents is 1. The molecular weight excluding hydrogens is 689 g/mol. The number of allylic oxidation sites excluding steroid dienone is 2. The van der Waals surface area contributed by atoms with E-state index in [1.54, 1.807) is 11.0 Å². The molecule has 246 valence electrons. The molecule has 1 fully saturated rings. The van der Waals surface area contributed by atoms with Crippen LogP contribution in [-0.2, 0) is 4.79 Å². The monoisotopic (exact) mass is 718 g/mol. The van der Waals surface area contributed by atoms with E-state index in [9.17, 15) is 24.3 Å². The summed E-state index contributed by atoms with van der Waals surface area (Å²) in [4.78, 5) is 37.5. The molecule has 0 spiro atoms. The zero-order chi connectivity index (χ0) is 34.6. The van der Waals surface area contributed by atoms with E-state index in [1.165, 1.54) is 10.6 Å². The van der Waals surface area contributed by atoms with Crippen LogP contribution in [0.2, 0.25) is 20.1 Å². The predicted molar refractivity (Wildman–Crippen MR) is 186 cm³/mol. The molecule has 0 bridgehead atoms. The van der Waals surface area contributed by atoms with Gasteiger partial charge >= 0.3 is 0 Å². The van der Waals surface area contributed by atoms with Gasteiger partial charge in [0, 0.05) is 43.7 Å². The molecular formula is C33H31Cl4FN6O3. The lowest BCUT2D eigenvalue weighted by molar-refractivity contribution is -0.128. The SMILES string of the molecule is C=CC(=O)N1CCN(c2c(C#N)c(=O)n(C3=C(C)C=CN(C)C3C(C)C)c3nc(-c4c(Cl)c(O)c(F)c(Cl)c4Cl)c(Cl)cc23)C[C@H]1C. The Morgan fingerprint density at radius 1 is 1.21 bits per heavy atom. The van der Waals surface area contributed by atoms with Crippen LogP contribution in [-0.4, -0.2) is 69.1 Å². The lowest BCUT2D eigenvalue weighted by Crippen LogP contribution is -2.54. The fourth-order valence-electron chi connectivity index (χ4n) is 6.46. The first-order valence-electron chi connectivity index (χ1n) is 14.7. The number of pyridine rings is 2. The Morgan fingerprint density at radius 2 is 1.89 bits per heavy atom. The normalized spacial score (nSPS) is 18.4. The number of piperazine rings is 1. The van der Waals surface area contributed by atoms with Crippen LogP contribution in [0, 0.1) is 23.1 Å². The van der Waals surface area contributed by atoms with Crippen LogP contribution in [0.5, 0.6) is 5.75 Å². The van der Waals surface area contributed by atoms with E-state index in [2.05, 4.69) is 12.6 Å². The maximum absolute atomic E-state index is 14.6. The zero-order valence-corrected chi connectivity index (χ0v) is 29.2. The van der Waals surface area contributed by atoms with Gasteiger partial charge in [-0.05, 0) is 49.8 Å². The second kappa shape index (κ2) is 13.0. The number of fused-ring (bicyclic) bond motifs is 1. The van der Waals surface area contributed by atoms with E-state index in [0.29, 0.717) is 36.4 Å². The van der Waals surface area contributed by atoms with E-state index >= 15 is 0 Å². The van der Waals surface area contributed by atoms with Crippen LogP contribution in [0.1, 0.15) is 33.3 Å². The Kier molecular flexibility index (Phi) is 9.59. The number of carbonyl (C=O) groups is 1. The number of aromatic nitrogens is 2. The summed E-state index contributed by atoms with van der Waals surface area (Å²) >= 11 is 25.9. The van der Waals surface area contributed by atoms with Crippen molar-refractivity contribution in [3.05, 3.63) is 78.4 Å². The summed E-state index contributed by atoms with van der Waals surface area (Å²) in [6.45, 7) is 12.3. The van der Waals surface area contributed by atoms with Crippen molar-refractivity contribution in [1.29, 1.82) is 5.26 Å². The number of likely N-dealkylation sites (N-methyl/N-ethyl adjacent to an activating group) is 1. The summed E-state index contributed by atoms with van der Waals surface area (Å²) in [5, 5.41) is 19.9. The van der Waals surface area contributed by atoms with E-state index in [1.807, 2.05) is 56.8 Å². The van der Waals surface area contributed by atoms with Crippen LogP contribution < -0.4 is 10.5 Å². The number of aromatic hydroxyl groups is 1. The van der Waals surface area contributed by atoms with Gasteiger partial charge in [0.15, 0.2) is 11.6 Å². The highest BCUT2D eigenvalue weighted by Crippen LogP contribution is 2.48. The largest absolute Gasteiger partial charge is 0.504 e. The van der Waals surface area contributed by atoms with Crippen molar-refractivity contribution in [1.82, 2.24) is 19.4 Å². The number of rotatable bonds is 5. The van der Waals surface area contributed by atoms with Crippen LogP contribution in [0.4, 0.5) is 10.1 Å². The van der Waals surface area contributed by atoms with Gasteiger partial charge in [-0.25, -0.2) is 9.37 Å². The van der Waals surface area contributed by atoms with E-state index < -0.39 is 27.2 Å². The highest BCUT2D eigenvalue weighted by molar-refractivity contribution is 6.47. The minimum Gasteiger partial charge on any atom is -0.504 e. The topological polar surface area (TPSA) is 106 Å². The molecule has 2 atom stereocenters. The Morgan fingerprint density at radius 3 is 2.49 bits per heavy atom. The average molecular weight is 720 g/mol. The number of benzene rings is 1. The molecule has 1 saturated heterocycles. The third kappa shape index (κ3) is 5.63. The van der Waals surface area contributed by atoms with Gasteiger partial charge in [0.1, 0.15) is 17.3 Å². The first-order chi connectivity index (χ1) is 22.2. The number of halogens is 5. The van der Waals surface area contributed by atoms with Crippen LogP contribution >= 0.6 is 46.4 Å². The van der Waals surface area contributed by atoms with Crippen molar-refractivity contribution in [3.63, 3.8) is 0 Å². The third-order valence-electron chi connectivity index (χ3n) is 8.62. The number of phenols is 1. The summed E-state index contributed by atoms with van der Waals surface area (Å²) in [5.41, 5.74) is 0.843. The molecule has 9 nitrogen and oxygen atoms in total. The van der Waals surface area contributed by atoms with Crippen molar-refractivity contribution >= 4 is 74.7 Å². The Balaban J connectivity index is 1.92. The third-order valence-corrected chi connectivity index (χ3v) is 10.1. The fourth-order valence-corrected chi connectivity index (χ4v) is 7.47. The first-order valence-corrected chi connectivity index (χ1v) is 16.2. The molecule has 14 heteroatoms. The summed E-state index contributed by atoms with van der Waals surface area (Å²) < 4.78 is 16.0. The van der Waals surface area contributed by atoms with Gasteiger partial charge in [0.2, 0.25) is 5.91 Å². The number of nitrogens with zero attached hydrogens (tertiary/aromatic N) is 6. The second-order valence-corrected chi connectivity index (χ2v) is 13.5. The minimum atomic E-state index is -1.21. The molecule has 4 heterocycles. The van der Waals surface area contributed by atoms with Crippen molar-refractivity contribution < 1.29 is 14.3 Å².